The number of piperazine rings is 1. The maximum atomic E-state index is 13.5. The molecule has 1 aliphatic heterocycles. The number of hydrogen-bond acceptors (Lipinski definition) is 6. The van der Waals surface area contributed by atoms with Crippen LogP contribution >= 0.6 is 0 Å². The van der Waals surface area contributed by atoms with Crippen LogP contribution in [0.2, 0.25) is 0 Å². The van der Waals surface area contributed by atoms with Crippen molar-refractivity contribution in [2.45, 2.75) is 32.1 Å². The lowest BCUT2D eigenvalue weighted by molar-refractivity contribution is -0.131. The molecule has 0 N–H and O–H groups in total. The summed E-state index contributed by atoms with van der Waals surface area (Å²) in [6, 6.07) is 29.3. The summed E-state index contributed by atoms with van der Waals surface area (Å²) in [5.74, 6) is 0.712. The molecule has 0 spiro atoms. The van der Waals surface area contributed by atoms with E-state index < -0.39 is 10.0 Å². The van der Waals surface area contributed by atoms with Gasteiger partial charge in [-0.1, -0.05) is 92.6 Å². The number of aromatic nitrogens is 2. The van der Waals surface area contributed by atoms with Crippen LogP contribution < -0.4 is 4.90 Å². The third-order valence-electron chi connectivity index (χ3n) is 8.08. The molecule has 9 heteroatoms. The highest BCUT2D eigenvalue weighted by atomic mass is 32.2. The van der Waals surface area contributed by atoms with Crippen LogP contribution in [0.5, 0.6) is 0 Å². The zero-order valence-electron chi connectivity index (χ0n) is 25.1. The molecule has 1 aromatic heterocycles. The third-order valence-corrected chi connectivity index (χ3v) is 9.90. The van der Waals surface area contributed by atoms with Crippen LogP contribution in [-0.2, 0) is 14.8 Å². The van der Waals surface area contributed by atoms with Crippen LogP contribution in [0.1, 0.15) is 25.8 Å². The van der Waals surface area contributed by atoms with E-state index in [2.05, 4.69) is 51.5 Å². The Hall–Kier alpha value is -4.08. The standard InChI is InChI=1S/C34H39N5O3S/c1-4-26(2)24-39(43(41,42)31-16-10-27(3)11-17-31)25-34(40)38-22-20-37(21-23-38)33-19-18-32(35-36-33)30-14-12-29(13-15-30)28-8-6-5-7-9-28/h5-19,26H,4,20-25H2,1-3H3/t26-/m1/s1. The summed E-state index contributed by atoms with van der Waals surface area (Å²) >= 11 is 0. The molecular weight excluding hydrogens is 558 g/mol. The van der Waals surface area contributed by atoms with Gasteiger partial charge in [0.25, 0.3) is 0 Å². The van der Waals surface area contributed by atoms with E-state index in [0.717, 1.165) is 34.6 Å². The molecule has 43 heavy (non-hydrogen) atoms. The average Bonchev–Trinajstić information content (AvgIpc) is 3.05. The quantitative estimate of drug-likeness (QED) is 0.240. The van der Waals surface area contributed by atoms with Crippen molar-refractivity contribution >= 4 is 21.7 Å². The van der Waals surface area contributed by atoms with Gasteiger partial charge in [0.05, 0.1) is 17.1 Å². The molecule has 2 heterocycles. The number of anilines is 1. The Morgan fingerprint density at radius 3 is 2.05 bits per heavy atom. The molecule has 1 saturated heterocycles. The highest BCUT2D eigenvalue weighted by Crippen LogP contribution is 2.25. The Morgan fingerprint density at radius 1 is 0.814 bits per heavy atom. The van der Waals surface area contributed by atoms with E-state index in [4.69, 9.17) is 0 Å². The number of sulfonamides is 1. The SMILES string of the molecule is CC[C@@H](C)CN(CC(=O)N1CCN(c2ccc(-c3ccc(-c4ccccc4)cc3)nn2)CC1)S(=O)(=O)c1ccc(C)cc1. The van der Waals surface area contributed by atoms with E-state index in [0.29, 0.717) is 32.7 Å². The second-order valence-corrected chi connectivity index (χ2v) is 13.1. The summed E-state index contributed by atoms with van der Waals surface area (Å²) in [7, 11) is -3.80. The Labute approximate surface area is 255 Å². The highest BCUT2D eigenvalue weighted by Gasteiger charge is 2.31. The van der Waals surface area contributed by atoms with E-state index in [1.807, 2.05) is 51.1 Å². The summed E-state index contributed by atoms with van der Waals surface area (Å²) in [4.78, 5) is 17.4. The van der Waals surface area contributed by atoms with Gasteiger partial charge < -0.3 is 9.80 Å². The minimum absolute atomic E-state index is 0.133. The predicted octanol–water partition coefficient (Wildman–Crippen LogP) is 5.50. The fourth-order valence-corrected chi connectivity index (χ4v) is 6.64. The smallest absolute Gasteiger partial charge is 0.243 e. The Balaban J connectivity index is 1.20. The van der Waals surface area contributed by atoms with Gasteiger partial charge in [-0.25, -0.2) is 8.42 Å². The lowest BCUT2D eigenvalue weighted by Gasteiger charge is -2.36. The van der Waals surface area contributed by atoms with Gasteiger partial charge in [0.2, 0.25) is 15.9 Å². The van der Waals surface area contributed by atoms with Crippen LogP contribution in [-0.4, -0.2) is 73.0 Å². The second-order valence-electron chi connectivity index (χ2n) is 11.2. The Kier molecular flexibility index (Phi) is 9.52. The molecule has 3 aromatic carbocycles. The van der Waals surface area contributed by atoms with Gasteiger partial charge in [-0.15, -0.1) is 10.2 Å². The van der Waals surface area contributed by atoms with Crippen molar-refractivity contribution in [2.75, 3.05) is 44.2 Å². The Morgan fingerprint density at radius 2 is 1.44 bits per heavy atom. The molecular formula is C34H39N5O3S. The average molecular weight is 598 g/mol. The number of carbonyl (C=O) groups excluding carboxylic acids is 1. The largest absolute Gasteiger partial charge is 0.352 e. The van der Waals surface area contributed by atoms with Crippen LogP contribution in [0.4, 0.5) is 5.82 Å². The molecule has 1 atom stereocenters. The van der Waals surface area contributed by atoms with E-state index >= 15 is 0 Å². The topological polar surface area (TPSA) is 86.7 Å². The van der Waals surface area contributed by atoms with Gasteiger partial charge in [0.1, 0.15) is 0 Å². The molecule has 0 unspecified atom stereocenters. The van der Waals surface area contributed by atoms with Gasteiger partial charge in [-0.2, -0.15) is 4.31 Å². The molecule has 1 fully saturated rings. The molecule has 4 aromatic rings. The molecule has 0 aliphatic carbocycles. The third kappa shape index (κ3) is 7.29. The van der Waals surface area contributed by atoms with Gasteiger partial charge in [-0.05, 0) is 48.2 Å². The van der Waals surface area contributed by atoms with Gasteiger partial charge in [0.15, 0.2) is 5.82 Å². The summed E-state index contributed by atoms with van der Waals surface area (Å²) in [6.07, 6.45) is 0.825. The van der Waals surface area contributed by atoms with Crippen molar-refractivity contribution in [3.63, 3.8) is 0 Å². The number of amides is 1. The van der Waals surface area contributed by atoms with Crippen molar-refractivity contribution in [1.29, 1.82) is 0 Å². The molecule has 0 bridgehead atoms. The number of carbonyl (C=O) groups is 1. The number of aryl methyl sites for hydroxylation is 1. The molecule has 0 radical (unpaired) electrons. The zero-order chi connectivity index (χ0) is 30.4. The minimum Gasteiger partial charge on any atom is -0.352 e. The van der Waals surface area contributed by atoms with Crippen molar-refractivity contribution in [3.8, 4) is 22.4 Å². The van der Waals surface area contributed by atoms with Crippen molar-refractivity contribution in [2.24, 2.45) is 5.92 Å². The van der Waals surface area contributed by atoms with Crippen LogP contribution in [0.15, 0.2) is 95.9 Å². The summed E-state index contributed by atoms with van der Waals surface area (Å²) < 4.78 is 28.3. The molecule has 0 saturated carbocycles. The minimum atomic E-state index is -3.80. The number of benzene rings is 3. The predicted molar refractivity (Wildman–Crippen MR) is 171 cm³/mol. The summed E-state index contributed by atoms with van der Waals surface area (Å²) in [6.45, 7) is 8.26. The number of nitrogens with zero attached hydrogens (tertiary/aromatic N) is 5. The van der Waals surface area contributed by atoms with E-state index in [1.54, 1.807) is 29.2 Å². The van der Waals surface area contributed by atoms with Crippen molar-refractivity contribution < 1.29 is 13.2 Å². The summed E-state index contributed by atoms with van der Waals surface area (Å²) in [5, 5.41) is 8.95. The molecule has 1 aliphatic rings. The molecule has 224 valence electrons. The maximum absolute atomic E-state index is 13.5. The molecule has 1 amide bonds. The zero-order valence-corrected chi connectivity index (χ0v) is 25.9. The summed E-state index contributed by atoms with van der Waals surface area (Å²) in [5.41, 5.74) is 5.10. The first-order valence-electron chi connectivity index (χ1n) is 14.8. The van der Waals surface area contributed by atoms with Crippen molar-refractivity contribution in [3.05, 3.63) is 96.6 Å². The lowest BCUT2D eigenvalue weighted by Crippen LogP contribution is -2.52. The van der Waals surface area contributed by atoms with E-state index in [9.17, 15) is 13.2 Å². The van der Waals surface area contributed by atoms with Crippen molar-refractivity contribution in [1.82, 2.24) is 19.4 Å². The first kappa shape index (κ1) is 30.4. The second kappa shape index (κ2) is 13.5. The van der Waals surface area contributed by atoms with Gasteiger partial charge in [-0.3, -0.25) is 4.79 Å². The van der Waals surface area contributed by atoms with Crippen LogP contribution in [0.3, 0.4) is 0 Å². The maximum Gasteiger partial charge on any atom is 0.243 e. The number of hydrogen-bond donors (Lipinski definition) is 0. The van der Waals surface area contributed by atoms with Gasteiger partial charge in [0, 0.05) is 38.3 Å². The van der Waals surface area contributed by atoms with Gasteiger partial charge >= 0.3 is 0 Å². The normalized spacial score (nSPS) is 14.6. The van der Waals surface area contributed by atoms with Crippen LogP contribution in [0, 0.1) is 12.8 Å². The number of rotatable bonds is 10. The first-order chi connectivity index (χ1) is 20.7. The fourth-order valence-electron chi connectivity index (χ4n) is 5.13. The highest BCUT2D eigenvalue weighted by molar-refractivity contribution is 7.89. The first-order valence-corrected chi connectivity index (χ1v) is 16.3. The molecule has 8 nitrogen and oxygen atoms in total. The van der Waals surface area contributed by atoms with E-state index in [-0.39, 0.29) is 23.3 Å². The fraction of sp³-hybridized carbons (Fsp3) is 0.324. The monoisotopic (exact) mass is 597 g/mol. The lowest BCUT2D eigenvalue weighted by atomic mass is 10.0. The van der Waals surface area contributed by atoms with Crippen LogP contribution in [0.25, 0.3) is 22.4 Å². The molecule has 5 rings (SSSR count). The van der Waals surface area contributed by atoms with E-state index in [1.165, 1.54) is 9.87 Å². The Bertz CT molecular complexity index is 1600.